The van der Waals surface area contributed by atoms with E-state index >= 15 is 0 Å². The van der Waals surface area contributed by atoms with Crippen LogP contribution in [0.5, 0.6) is 5.75 Å². The highest BCUT2D eigenvalue weighted by Gasteiger charge is 2.21. The Balaban J connectivity index is 0.00000363. The van der Waals surface area contributed by atoms with E-state index in [1.54, 1.807) is 7.11 Å². The number of guanidine groups is 1. The van der Waals surface area contributed by atoms with Crippen molar-refractivity contribution in [3.8, 4) is 5.75 Å². The molecule has 8 heteroatoms. The molecule has 1 aliphatic heterocycles. The van der Waals surface area contributed by atoms with E-state index < -0.39 is 0 Å². The Hall–Kier alpha value is -2.33. The minimum atomic E-state index is 0. The third kappa shape index (κ3) is 7.98. The number of amides is 1. The lowest BCUT2D eigenvalue weighted by Gasteiger charge is -2.16. The Morgan fingerprint density at radius 3 is 2.44 bits per heavy atom. The summed E-state index contributed by atoms with van der Waals surface area (Å²) in [5.41, 5.74) is 2.95. The molecule has 3 rings (SSSR count). The van der Waals surface area contributed by atoms with Gasteiger partial charge in [-0.3, -0.25) is 4.79 Å². The largest absolute Gasteiger partial charge is 0.491 e. The molecule has 0 spiro atoms. The van der Waals surface area contributed by atoms with Crippen LogP contribution in [0.15, 0.2) is 53.5 Å². The number of carbonyl (C=O) groups is 1. The number of benzene rings is 2. The van der Waals surface area contributed by atoms with E-state index in [0.717, 1.165) is 35.7 Å². The van der Waals surface area contributed by atoms with E-state index in [9.17, 15) is 4.79 Å². The fourth-order valence-corrected chi connectivity index (χ4v) is 3.31. The molecule has 32 heavy (non-hydrogen) atoms. The lowest BCUT2D eigenvalue weighted by atomic mass is 10.2. The second-order valence-corrected chi connectivity index (χ2v) is 7.72. The van der Waals surface area contributed by atoms with Gasteiger partial charge in [-0.1, -0.05) is 12.1 Å². The van der Waals surface area contributed by atoms with Crippen LogP contribution in [-0.2, 0) is 16.1 Å². The highest BCUT2D eigenvalue weighted by atomic mass is 127. The normalized spacial score (nSPS) is 13.8. The molecular weight excluding hydrogens is 519 g/mol. The van der Waals surface area contributed by atoms with Crippen LogP contribution in [-0.4, -0.2) is 44.8 Å². The number of aliphatic imine (C=N–C) groups is 1. The Kier molecular flexibility index (Phi) is 10.8. The summed E-state index contributed by atoms with van der Waals surface area (Å²) in [6, 6.07) is 15.8. The van der Waals surface area contributed by atoms with Crippen LogP contribution in [0.2, 0.25) is 0 Å². The minimum absolute atomic E-state index is 0. The Labute approximate surface area is 207 Å². The maximum atomic E-state index is 11.9. The van der Waals surface area contributed by atoms with Crippen molar-refractivity contribution in [3.63, 3.8) is 0 Å². The Morgan fingerprint density at radius 1 is 1.12 bits per heavy atom. The van der Waals surface area contributed by atoms with Crippen molar-refractivity contribution in [1.29, 1.82) is 0 Å². The molecule has 0 radical (unpaired) electrons. The molecule has 0 aliphatic carbocycles. The second-order valence-electron chi connectivity index (χ2n) is 7.72. The van der Waals surface area contributed by atoms with E-state index in [0.29, 0.717) is 32.1 Å². The first-order valence-corrected chi connectivity index (χ1v) is 10.8. The molecule has 7 nitrogen and oxygen atoms in total. The summed E-state index contributed by atoms with van der Waals surface area (Å²) in [4.78, 5) is 18.5. The Morgan fingerprint density at radius 2 is 1.84 bits per heavy atom. The smallest absolute Gasteiger partial charge is 0.227 e. The van der Waals surface area contributed by atoms with Gasteiger partial charge >= 0.3 is 0 Å². The van der Waals surface area contributed by atoms with Gasteiger partial charge in [-0.25, -0.2) is 4.99 Å². The standard InChI is InChI=1S/C24H32N4O3.HI/c1-18(2)31-22-12-8-20(9-13-22)27-24(25-14-16-30-3)26-17-19-6-10-21(11-7-19)28-15-4-5-23(28)29;/h6-13,18H,4-5,14-17H2,1-3H3,(H2,25,26,27);1H. The van der Waals surface area contributed by atoms with Crippen molar-refractivity contribution in [1.82, 2.24) is 5.32 Å². The van der Waals surface area contributed by atoms with Gasteiger partial charge in [-0.2, -0.15) is 0 Å². The van der Waals surface area contributed by atoms with E-state index in [2.05, 4.69) is 10.6 Å². The molecule has 2 aromatic carbocycles. The van der Waals surface area contributed by atoms with Gasteiger partial charge in [0.25, 0.3) is 0 Å². The summed E-state index contributed by atoms with van der Waals surface area (Å²) < 4.78 is 10.8. The van der Waals surface area contributed by atoms with E-state index in [1.165, 1.54) is 0 Å². The van der Waals surface area contributed by atoms with Crippen LogP contribution in [0.25, 0.3) is 0 Å². The van der Waals surface area contributed by atoms with Gasteiger partial charge in [0.2, 0.25) is 5.91 Å². The van der Waals surface area contributed by atoms with E-state index in [4.69, 9.17) is 14.5 Å². The van der Waals surface area contributed by atoms with Crippen LogP contribution in [0.4, 0.5) is 11.4 Å². The molecular formula is C24H33IN4O3. The molecule has 2 aromatic rings. The highest BCUT2D eigenvalue weighted by Crippen LogP contribution is 2.22. The fourth-order valence-electron chi connectivity index (χ4n) is 3.31. The molecule has 2 N–H and O–H groups in total. The molecule has 1 fully saturated rings. The summed E-state index contributed by atoms with van der Waals surface area (Å²) in [7, 11) is 1.67. The first kappa shape index (κ1) is 25.9. The fraction of sp³-hybridized carbons (Fsp3) is 0.417. The Bertz CT molecular complexity index is 870. The highest BCUT2D eigenvalue weighted by molar-refractivity contribution is 14.0. The van der Waals surface area contributed by atoms with Crippen LogP contribution in [0.3, 0.4) is 0 Å². The third-order valence-corrected chi connectivity index (χ3v) is 4.83. The van der Waals surface area contributed by atoms with Crippen molar-refractivity contribution >= 4 is 47.2 Å². The summed E-state index contributed by atoms with van der Waals surface area (Å²) in [5, 5.41) is 6.60. The monoisotopic (exact) mass is 552 g/mol. The lowest BCUT2D eigenvalue weighted by Crippen LogP contribution is -2.33. The third-order valence-electron chi connectivity index (χ3n) is 4.83. The SMILES string of the molecule is COCCNC(=NCc1ccc(N2CCCC2=O)cc1)Nc1ccc(OC(C)C)cc1.I. The molecule has 1 amide bonds. The number of ether oxygens (including phenoxy) is 2. The maximum absolute atomic E-state index is 11.9. The van der Waals surface area contributed by atoms with Crippen molar-refractivity contribution in [2.75, 3.05) is 37.0 Å². The average Bonchev–Trinajstić information content (AvgIpc) is 3.19. The van der Waals surface area contributed by atoms with Crippen molar-refractivity contribution in [3.05, 3.63) is 54.1 Å². The number of hydrogen-bond acceptors (Lipinski definition) is 4. The number of halogens is 1. The molecule has 1 heterocycles. The summed E-state index contributed by atoms with van der Waals surface area (Å²) in [5.74, 6) is 1.71. The topological polar surface area (TPSA) is 75.2 Å². The number of nitrogens with one attached hydrogen (secondary N) is 2. The van der Waals surface area contributed by atoms with E-state index in [1.807, 2.05) is 67.3 Å². The van der Waals surface area contributed by atoms with Crippen molar-refractivity contribution in [2.45, 2.75) is 39.3 Å². The quantitative estimate of drug-likeness (QED) is 0.209. The van der Waals surface area contributed by atoms with Crippen LogP contribution < -0.4 is 20.3 Å². The van der Waals surface area contributed by atoms with Crippen LogP contribution >= 0.6 is 24.0 Å². The number of hydrogen-bond donors (Lipinski definition) is 2. The van der Waals surface area contributed by atoms with Crippen molar-refractivity contribution in [2.24, 2.45) is 4.99 Å². The molecule has 0 saturated carbocycles. The van der Waals surface area contributed by atoms with Gasteiger partial charge in [0.1, 0.15) is 5.75 Å². The van der Waals surface area contributed by atoms with Crippen LogP contribution in [0.1, 0.15) is 32.3 Å². The van der Waals surface area contributed by atoms with E-state index in [-0.39, 0.29) is 36.0 Å². The molecule has 0 aromatic heterocycles. The van der Waals surface area contributed by atoms with Gasteiger partial charge in [-0.15, -0.1) is 24.0 Å². The number of nitrogens with zero attached hydrogens (tertiary/aromatic N) is 2. The van der Waals surface area contributed by atoms with Crippen LogP contribution in [0, 0.1) is 0 Å². The average molecular weight is 552 g/mol. The van der Waals surface area contributed by atoms with Gasteiger partial charge in [0.05, 0.1) is 19.3 Å². The first-order chi connectivity index (χ1) is 15.0. The van der Waals surface area contributed by atoms with Gasteiger partial charge in [0.15, 0.2) is 5.96 Å². The number of methoxy groups -OCH3 is 1. The zero-order valence-corrected chi connectivity index (χ0v) is 21.3. The predicted octanol–water partition coefficient (Wildman–Crippen LogP) is 4.42. The summed E-state index contributed by atoms with van der Waals surface area (Å²) in [6.07, 6.45) is 1.71. The lowest BCUT2D eigenvalue weighted by molar-refractivity contribution is -0.117. The second kappa shape index (κ2) is 13.3. The number of carbonyl (C=O) groups excluding carboxylic acids is 1. The summed E-state index contributed by atoms with van der Waals surface area (Å²) >= 11 is 0. The molecule has 1 saturated heterocycles. The summed E-state index contributed by atoms with van der Waals surface area (Å²) in [6.45, 7) is 6.56. The molecule has 0 atom stereocenters. The molecule has 0 bridgehead atoms. The molecule has 0 unspecified atom stereocenters. The minimum Gasteiger partial charge on any atom is -0.491 e. The first-order valence-electron chi connectivity index (χ1n) is 10.8. The predicted molar refractivity (Wildman–Crippen MR) is 140 cm³/mol. The number of anilines is 2. The van der Waals surface area contributed by atoms with Gasteiger partial charge in [0, 0.05) is 38.0 Å². The molecule has 1 aliphatic rings. The van der Waals surface area contributed by atoms with Gasteiger partial charge < -0.3 is 25.0 Å². The zero-order chi connectivity index (χ0) is 22.1. The van der Waals surface area contributed by atoms with Crippen molar-refractivity contribution < 1.29 is 14.3 Å². The number of rotatable bonds is 9. The van der Waals surface area contributed by atoms with Gasteiger partial charge in [-0.05, 0) is 62.2 Å². The maximum Gasteiger partial charge on any atom is 0.227 e. The molecule has 174 valence electrons. The zero-order valence-electron chi connectivity index (χ0n) is 19.0.